The molecule has 0 radical (unpaired) electrons. The molecular weight excluding hydrogens is 310 g/mol. The van der Waals surface area contributed by atoms with Crippen LogP contribution in [0.15, 0.2) is 4.79 Å². The molecule has 1 aliphatic rings. The van der Waals surface area contributed by atoms with Crippen molar-refractivity contribution in [3.63, 3.8) is 0 Å². The molecule has 0 saturated carbocycles. The number of nitriles is 1. The second kappa shape index (κ2) is 6.98. The van der Waals surface area contributed by atoms with Gasteiger partial charge in [0.2, 0.25) is 11.8 Å². The summed E-state index contributed by atoms with van der Waals surface area (Å²) in [5.74, 6) is 0.809. The standard InChI is InChI=1S/C15H21N7O2/c1-3-21-12-13(19-15(21)20-6-4-17-5-7-20)18-11(10-16)22(14(12)23)8-9-24-2/h17H,3-9H2,1-2H3. The molecule has 0 spiro atoms. The van der Waals surface area contributed by atoms with Gasteiger partial charge in [0.15, 0.2) is 11.2 Å². The van der Waals surface area contributed by atoms with Gasteiger partial charge in [0.05, 0.1) is 13.2 Å². The van der Waals surface area contributed by atoms with Crippen LogP contribution in [0.1, 0.15) is 12.7 Å². The molecule has 0 bridgehead atoms. The zero-order valence-corrected chi connectivity index (χ0v) is 13.9. The number of hydrogen-bond donors (Lipinski definition) is 1. The van der Waals surface area contributed by atoms with Crippen LogP contribution in [0.3, 0.4) is 0 Å². The summed E-state index contributed by atoms with van der Waals surface area (Å²) < 4.78 is 8.29. The van der Waals surface area contributed by atoms with E-state index in [0.717, 1.165) is 32.1 Å². The quantitative estimate of drug-likeness (QED) is 0.791. The van der Waals surface area contributed by atoms with Gasteiger partial charge in [-0.15, -0.1) is 0 Å². The molecule has 3 rings (SSSR count). The molecule has 9 nitrogen and oxygen atoms in total. The molecule has 1 fully saturated rings. The normalized spacial score (nSPS) is 15.0. The van der Waals surface area contributed by atoms with Gasteiger partial charge in [-0.25, -0.2) is 0 Å². The van der Waals surface area contributed by atoms with Crippen molar-refractivity contribution >= 4 is 17.1 Å². The van der Waals surface area contributed by atoms with E-state index in [9.17, 15) is 10.1 Å². The molecule has 3 heterocycles. The van der Waals surface area contributed by atoms with Crippen molar-refractivity contribution in [2.24, 2.45) is 0 Å². The summed E-state index contributed by atoms with van der Waals surface area (Å²) in [5.41, 5.74) is 0.533. The maximum Gasteiger partial charge on any atom is 0.280 e. The molecule has 1 aliphatic heterocycles. The molecule has 0 aromatic carbocycles. The lowest BCUT2D eigenvalue weighted by Crippen LogP contribution is -2.44. The molecule has 24 heavy (non-hydrogen) atoms. The van der Waals surface area contributed by atoms with Crippen molar-refractivity contribution in [1.82, 2.24) is 24.4 Å². The lowest BCUT2D eigenvalue weighted by Gasteiger charge is -2.28. The molecule has 1 N–H and O–H groups in total. The molecule has 1 saturated heterocycles. The molecule has 2 aromatic rings. The van der Waals surface area contributed by atoms with E-state index in [1.807, 2.05) is 17.6 Å². The first-order chi connectivity index (χ1) is 11.7. The Hall–Kier alpha value is -2.44. The number of piperazine rings is 1. The van der Waals surface area contributed by atoms with Crippen molar-refractivity contribution in [3.05, 3.63) is 16.2 Å². The van der Waals surface area contributed by atoms with E-state index in [1.165, 1.54) is 4.57 Å². The number of anilines is 1. The fourth-order valence-electron chi connectivity index (χ4n) is 2.98. The Balaban J connectivity index is 2.18. The summed E-state index contributed by atoms with van der Waals surface area (Å²) in [5, 5.41) is 12.6. The van der Waals surface area contributed by atoms with Crippen molar-refractivity contribution in [1.29, 1.82) is 5.26 Å². The number of methoxy groups -OCH3 is 1. The van der Waals surface area contributed by atoms with Crippen molar-refractivity contribution in [2.75, 3.05) is 44.8 Å². The number of nitrogens with zero attached hydrogens (tertiary/aromatic N) is 6. The highest BCUT2D eigenvalue weighted by atomic mass is 16.5. The molecule has 0 atom stereocenters. The molecule has 0 unspecified atom stereocenters. The smallest absolute Gasteiger partial charge is 0.280 e. The number of aromatic nitrogens is 4. The Morgan fingerprint density at radius 1 is 1.29 bits per heavy atom. The molecule has 0 amide bonds. The number of imidazole rings is 1. The molecule has 2 aromatic heterocycles. The molecule has 9 heteroatoms. The van der Waals surface area contributed by atoms with Gasteiger partial charge < -0.3 is 19.5 Å². The van der Waals surface area contributed by atoms with Crippen LogP contribution < -0.4 is 15.8 Å². The Morgan fingerprint density at radius 2 is 2.04 bits per heavy atom. The minimum absolute atomic E-state index is 0.0668. The second-order valence-corrected chi connectivity index (χ2v) is 5.56. The van der Waals surface area contributed by atoms with E-state index in [0.29, 0.717) is 30.9 Å². The second-order valence-electron chi connectivity index (χ2n) is 5.56. The fraction of sp³-hybridized carbons (Fsp3) is 0.600. The maximum atomic E-state index is 12.9. The average Bonchev–Trinajstić information content (AvgIpc) is 3.00. The van der Waals surface area contributed by atoms with Crippen LogP contribution >= 0.6 is 0 Å². The summed E-state index contributed by atoms with van der Waals surface area (Å²) >= 11 is 0. The van der Waals surface area contributed by atoms with E-state index in [1.54, 1.807) is 7.11 Å². The van der Waals surface area contributed by atoms with Crippen molar-refractivity contribution in [3.8, 4) is 6.07 Å². The third-order valence-electron chi connectivity index (χ3n) is 4.18. The van der Waals surface area contributed by atoms with Gasteiger partial charge in [0.25, 0.3) is 5.56 Å². The Kier molecular flexibility index (Phi) is 4.78. The van der Waals surface area contributed by atoms with Crippen LogP contribution in [-0.4, -0.2) is 59.0 Å². The number of nitrogens with one attached hydrogen (secondary N) is 1. The first kappa shape index (κ1) is 16.4. The van der Waals surface area contributed by atoms with Crippen molar-refractivity contribution in [2.45, 2.75) is 20.0 Å². The minimum atomic E-state index is -0.246. The lowest BCUT2D eigenvalue weighted by molar-refractivity contribution is 0.185. The summed E-state index contributed by atoms with van der Waals surface area (Å²) in [6.45, 7) is 6.63. The third-order valence-corrected chi connectivity index (χ3v) is 4.18. The maximum absolute atomic E-state index is 12.9. The van der Waals surface area contributed by atoms with Gasteiger partial charge in [0.1, 0.15) is 6.07 Å². The molecular formula is C15H21N7O2. The molecule has 0 aliphatic carbocycles. The van der Waals surface area contributed by atoms with Gasteiger partial charge in [-0.3, -0.25) is 9.36 Å². The van der Waals surface area contributed by atoms with Crippen LogP contribution in [0.2, 0.25) is 0 Å². The lowest BCUT2D eigenvalue weighted by atomic mass is 10.4. The third kappa shape index (κ3) is 2.74. The van der Waals surface area contributed by atoms with Gasteiger partial charge in [-0.05, 0) is 6.92 Å². The van der Waals surface area contributed by atoms with Gasteiger partial charge in [-0.2, -0.15) is 15.2 Å². The van der Waals surface area contributed by atoms with E-state index in [-0.39, 0.29) is 11.4 Å². The number of hydrogen-bond acceptors (Lipinski definition) is 7. The number of rotatable bonds is 5. The van der Waals surface area contributed by atoms with Crippen LogP contribution in [0, 0.1) is 11.3 Å². The predicted molar refractivity (Wildman–Crippen MR) is 89.1 cm³/mol. The summed E-state index contributed by atoms with van der Waals surface area (Å²) in [6, 6.07) is 1.99. The topological polar surface area (TPSA) is 101 Å². The van der Waals surface area contributed by atoms with E-state index in [4.69, 9.17) is 4.74 Å². The number of aryl methyl sites for hydroxylation is 1. The molecule has 128 valence electrons. The SMILES string of the molecule is CCn1c(N2CCNCC2)nc2nc(C#N)n(CCOC)c(=O)c21. The zero-order valence-electron chi connectivity index (χ0n) is 13.9. The zero-order chi connectivity index (χ0) is 17.1. The van der Waals surface area contributed by atoms with Crippen LogP contribution in [0.25, 0.3) is 11.2 Å². The highest BCUT2D eigenvalue weighted by Gasteiger charge is 2.23. The highest BCUT2D eigenvalue weighted by molar-refractivity contribution is 5.74. The van der Waals surface area contributed by atoms with E-state index < -0.39 is 0 Å². The highest BCUT2D eigenvalue weighted by Crippen LogP contribution is 2.20. The predicted octanol–water partition coefficient (Wildman–Crippen LogP) is -0.459. The average molecular weight is 331 g/mol. The van der Waals surface area contributed by atoms with Crippen molar-refractivity contribution < 1.29 is 4.74 Å². The summed E-state index contributed by atoms with van der Waals surface area (Å²) in [7, 11) is 1.56. The first-order valence-corrected chi connectivity index (χ1v) is 8.07. The largest absolute Gasteiger partial charge is 0.383 e. The van der Waals surface area contributed by atoms with Crippen LogP contribution in [0.4, 0.5) is 5.95 Å². The first-order valence-electron chi connectivity index (χ1n) is 8.07. The van der Waals surface area contributed by atoms with E-state index in [2.05, 4.69) is 20.2 Å². The fourth-order valence-corrected chi connectivity index (χ4v) is 2.98. The van der Waals surface area contributed by atoms with Gasteiger partial charge in [0, 0.05) is 39.8 Å². The number of ether oxygens (including phenoxy) is 1. The number of fused-ring (bicyclic) bond motifs is 1. The Labute approximate surface area is 139 Å². The summed E-state index contributed by atoms with van der Waals surface area (Å²) in [6.07, 6.45) is 0. The van der Waals surface area contributed by atoms with Crippen LogP contribution in [0.5, 0.6) is 0 Å². The van der Waals surface area contributed by atoms with E-state index >= 15 is 0 Å². The minimum Gasteiger partial charge on any atom is -0.383 e. The Bertz CT molecular complexity index is 827. The van der Waals surface area contributed by atoms with Gasteiger partial charge >= 0.3 is 0 Å². The monoisotopic (exact) mass is 331 g/mol. The van der Waals surface area contributed by atoms with Crippen LogP contribution in [-0.2, 0) is 17.8 Å². The Morgan fingerprint density at radius 3 is 2.67 bits per heavy atom. The summed E-state index contributed by atoms with van der Waals surface area (Å²) in [4.78, 5) is 23.9. The van der Waals surface area contributed by atoms with Gasteiger partial charge in [-0.1, -0.05) is 0 Å².